The van der Waals surface area contributed by atoms with Gasteiger partial charge < -0.3 is 4.74 Å². The molecule has 0 unspecified atom stereocenters. The predicted molar refractivity (Wildman–Crippen MR) is 63.5 cm³/mol. The SMILES string of the molecule is O=C1C=CC2(C=C1)OC(=O)c1cc([N+](=O)[O-])ccc12. The summed E-state index contributed by atoms with van der Waals surface area (Å²) in [6.45, 7) is 0. The van der Waals surface area contributed by atoms with E-state index in [1.165, 1.54) is 42.5 Å². The fourth-order valence-corrected chi connectivity index (χ4v) is 2.19. The van der Waals surface area contributed by atoms with Crippen LogP contribution in [0.2, 0.25) is 0 Å². The number of rotatable bonds is 1. The summed E-state index contributed by atoms with van der Waals surface area (Å²) < 4.78 is 5.26. The molecule has 0 saturated carbocycles. The van der Waals surface area contributed by atoms with Crippen molar-refractivity contribution in [3.63, 3.8) is 0 Å². The number of esters is 1. The van der Waals surface area contributed by atoms with Gasteiger partial charge in [0.25, 0.3) is 5.69 Å². The van der Waals surface area contributed by atoms with Crippen molar-refractivity contribution in [2.24, 2.45) is 0 Å². The van der Waals surface area contributed by atoms with Gasteiger partial charge in [-0.15, -0.1) is 0 Å². The van der Waals surface area contributed by atoms with E-state index in [4.69, 9.17) is 4.74 Å². The number of allylic oxidation sites excluding steroid dienone is 2. The molecule has 6 heteroatoms. The van der Waals surface area contributed by atoms with Gasteiger partial charge in [-0.3, -0.25) is 14.9 Å². The second-order valence-electron chi connectivity index (χ2n) is 4.24. The number of nitrogens with zero attached hydrogens (tertiary/aromatic N) is 1. The molecule has 1 spiro atoms. The Morgan fingerprint density at radius 2 is 1.84 bits per heavy atom. The minimum absolute atomic E-state index is 0.151. The van der Waals surface area contributed by atoms with E-state index in [1.54, 1.807) is 0 Å². The molecule has 1 aromatic rings. The van der Waals surface area contributed by atoms with Crippen LogP contribution < -0.4 is 0 Å². The van der Waals surface area contributed by atoms with Crippen LogP contribution in [0.5, 0.6) is 0 Å². The van der Waals surface area contributed by atoms with Crippen molar-refractivity contribution in [1.29, 1.82) is 0 Å². The summed E-state index contributed by atoms with van der Waals surface area (Å²) in [6, 6.07) is 3.97. The van der Waals surface area contributed by atoms with Gasteiger partial charge in [0.1, 0.15) is 0 Å². The first-order valence-electron chi connectivity index (χ1n) is 5.46. The van der Waals surface area contributed by atoms with Gasteiger partial charge in [0.2, 0.25) is 0 Å². The maximum atomic E-state index is 11.8. The molecular weight excluding hydrogens is 250 g/mol. The van der Waals surface area contributed by atoms with Crippen molar-refractivity contribution in [2.45, 2.75) is 5.60 Å². The third kappa shape index (κ3) is 1.57. The van der Waals surface area contributed by atoms with Crippen LogP contribution in [0.25, 0.3) is 0 Å². The lowest BCUT2D eigenvalue weighted by atomic mass is 9.88. The van der Waals surface area contributed by atoms with Gasteiger partial charge >= 0.3 is 5.97 Å². The predicted octanol–water partition coefficient (Wildman–Crippen LogP) is 1.66. The summed E-state index contributed by atoms with van der Waals surface area (Å²) in [6.07, 6.45) is 5.57. The molecule has 6 nitrogen and oxygen atoms in total. The summed E-state index contributed by atoms with van der Waals surface area (Å²) in [4.78, 5) is 33.1. The number of fused-ring (bicyclic) bond motifs is 2. The van der Waals surface area contributed by atoms with Crippen LogP contribution in [0.4, 0.5) is 5.69 Å². The molecule has 0 bridgehead atoms. The molecule has 0 aromatic heterocycles. The van der Waals surface area contributed by atoms with Crippen LogP contribution in [0, 0.1) is 10.1 Å². The minimum atomic E-state index is -1.12. The van der Waals surface area contributed by atoms with Crippen molar-refractivity contribution < 1.29 is 19.2 Å². The zero-order valence-corrected chi connectivity index (χ0v) is 9.53. The van der Waals surface area contributed by atoms with E-state index >= 15 is 0 Å². The molecule has 1 heterocycles. The summed E-state index contributed by atoms with van der Waals surface area (Å²) in [5.74, 6) is -0.834. The topological polar surface area (TPSA) is 86.5 Å². The van der Waals surface area contributed by atoms with E-state index in [9.17, 15) is 19.7 Å². The highest BCUT2D eigenvalue weighted by Gasteiger charge is 2.43. The van der Waals surface area contributed by atoms with Crippen molar-refractivity contribution in [1.82, 2.24) is 0 Å². The van der Waals surface area contributed by atoms with E-state index in [2.05, 4.69) is 0 Å². The second kappa shape index (κ2) is 3.61. The number of hydrogen-bond donors (Lipinski definition) is 0. The van der Waals surface area contributed by atoms with Gasteiger partial charge in [0, 0.05) is 17.7 Å². The Kier molecular flexibility index (Phi) is 2.16. The lowest BCUT2D eigenvalue weighted by molar-refractivity contribution is -0.384. The standard InChI is InChI=1S/C13H7NO5/c15-9-3-5-13(6-4-9)11-2-1-8(14(17)18)7-10(11)12(16)19-13/h1-7H. The van der Waals surface area contributed by atoms with Crippen LogP contribution in [-0.2, 0) is 15.1 Å². The van der Waals surface area contributed by atoms with Crippen LogP contribution in [0.1, 0.15) is 15.9 Å². The van der Waals surface area contributed by atoms with Gasteiger partial charge in [-0.1, -0.05) is 0 Å². The molecule has 94 valence electrons. The number of non-ortho nitro benzene ring substituents is 1. The maximum Gasteiger partial charge on any atom is 0.340 e. The fourth-order valence-electron chi connectivity index (χ4n) is 2.19. The van der Waals surface area contributed by atoms with E-state index < -0.39 is 16.5 Å². The Labute approximate surface area is 107 Å². The average molecular weight is 257 g/mol. The summed E-state index contributed by atoms with van der Waals surface area (Å²) in [7, 11) is 0. The van der Waals surface area contributed by atoms with Gasteiger partial charge in [-0.05, 0) is 30.4 Å². The first kappa shape index (κ1) is 11.3. The third-order valence-corrected chi connectivity index (χ3v) is 3.11. The van der Waals surface area contributed by atoms with Gasteiger partial charge in [-0.2, -0.15) is 0 Å². The van der Waals surface area contributed by atoms with Gasteiger partial charge in [0.15, 0.2) is 11.4 Å². The lowest BCUT2D eigenvalue weighted by Gasteiger charge is -2.22. The Bertz CT molecular complexity index is 670. The second-order valence-corrected chi connectivity index (χ2v) is 4.24. The quantitative estimate of drug-likeness (QED) is 0.433. The van der Waals surface area contributed by atoms with E-state index in [-0.39, 0.29) is 17.0 Å². The monoisotopic (exact) mass is 257 g/mol. The summed E-state index contributed by atoms with van der Waals surface area (Å²) in [5.41, 5.74) is -0.635. The molecule has 1 aliphatic heterocycles. The maximum absolute atomic E-state index is 11.8. The number of ether oxygens (including phenoxy) is 1. The van der Waals surface area contributed by atoms with Crippen molar-refractivity contribution in [2.75, 3.05) is 0 Å². The largest absolute Gasteiger partial charge is 0.442 e. The lowest BCUT2D eigenvalue weighted by Crippen LogP contribution is -2.23. The Morgan fingerprint density at radius 3 is 2.47 bits per heavy atom. The molecule has 19 heavy (non-hydrogen) atoms. The van der Waals surface area contributed by atoms with Crippen LogP contribution >= 0.6 is 0 Å². The first-order valence-corrected chi connectivity index (χ1v) is 5.46. The molecule has 0 amide bonds. The number of nitro benzene ring substituents is 1. The zero-order valence-electron chi connectivity index (χ0n) is 9.53. The molecule has 0 radical (unpaired) electrons. The Morgan fingerprint density at radius 1 is 1.16 bits per heavy atom. The normalized spacial score (nSPS) is 18.5. The molecule has 2 aliphatic rings. The molecule has 1 aromatic carbocycles. The molecule has 1 aliphatic carbocycles. The summed E-state index contributed by atoms with van der Waals surface area (Å²) in [5, 5.41) is 10.7. The number of benzene rings is 1. The molecule has 0 saturated heterocycles. The van der Waals surface area contributed by atoms with Crippen molar-refractivity contribution in [3.05, 3.63) is 63.7 Å². The summed E-state index contributed by atoms with van der Waals surface area (Å²) >= 11 is 0. The molecule has 0 fully saturated rings. The smallest absolute Gasteiger partial charge is 0.340 e. The van der Waals surface area contributed by atoms with Crippen molar-refractivity contribution >= 4 is 17.4 Å². The molecule has 0 N–H and O–H groups in total. The number of carbonyl (C=O) groups excluding carboxylic acids is 2. The van der Waals surface area contributed by atoms with E-state index in [0.29, 0.717) is 5.56 Å². The van der Waals surface area contributed by atoms with E-state index in [0.717, 1.165) is 0 Å². The minimum Gasteiger partial charge on any atom is -0.442 e. The average Bonchev–Trinajstić information content (AvgIpc) is 2.66. The molecule has 0 atom stereocenters. The molecular formula is C13H7NO5. The Hall–Kier alpha value is -2.76. The van der Waals surface area contributed by atoms with Gasteiger partial charge in [0.05, 0.1) is 10.5 Å². The fraction of sp³-hybridized carbons (Fsp3) is 0.0769. The van der Waals surface area contributed by atoms with Crippen LogP contribution in [-0.4, -0.2) is 16.7 Å². The van der Waals surface area contributed by atoms with Crippen LogP contribution in [0.3, 0.4) is 0 Å². The number of ketones is 1. The first-order chi connectivity index (χ1) is 9.02. The van der Waals surface area contributed by atoms with E-state index in [1.807, 2.05) is 0 Å². The van der Waals surface area contributed by atoms with Crippen LogP contribution in [0.15, 0.2) is 42.5 Å². The number of carbonyl (C=O) groups is 2. The van der Waals surface area contributed by atoms with Gasteiger partial charge in [-0.25, -0.2) is 4.79 Å². The zero-order chi connectivity index (χ0) is 13.6. The highest BCUT2D eigenvalue weighted by Crippen LogP contribution is 2.41. The number of nitro groups is 1. The third-order valence-electron chi connectivity index (χ3n) is 3.11. The molecule has 3 rings (SSSR count). The number of hydrogen-bond acceptors (Lipinski definition) is 5. The van der Waals surface area contributed by atoms with Crippen molar-refractivity contribution in [3.8, 4) is 0 Å². The Balaban J connectivity index is 2.16. The highest BCUT2D eigenvalue weighted by molar-refractivity contribution is 6.02. The highest BCUT2D eigenvalue weighted by atomic mass is 16.6.